The van der Waals surface area contributed by atoms with E-state index in [9.17, 15) is 4.79 Å². The first-order chi connectivity index (χ1) is 13.7. The fourth-order valence-electron chi connectivity index (χ4n) is 4.02. The summed E-state index contributed by atoms with van der Waals surface area (Å²) in [6, 6.07) is 29.5. The maximum absolute atomic E-state index is 13.1. The fourth-order valence-corrected chi connectivity index (χ4v) is 4.49. The van der Waals surface area contributed by atoms with E-state index in [1.165, 1.54) is 21.6 Å². The summed E-state index contributed by atoms with van der Waals surface area (Å²) in [6.45, 7) is 0. The zero-order valence-corrected chi connectivity index (χ0v) is 16.9. The van der Waals surface area contributed by atoms with Crippen molar-refractivity contribution in [2.75, 3.05) is 6.26 Å². The van der Waals surface area contributed by atoms with E-state index in [-0.39, 0.29) is 5.92 Å². The minimum absolute atomic E-state index is 0.282. The van der Waals surface area contributed by atoms with Gasteiger partial charge in [-0.1, -0.05) is 72.8 Å². The van der Waals surface area contributed by atoms with Gasteiger partial charge in [0.15, 0.2) is 5.78 Å². The van der Waals surface area contributed by atoms with Crippen LogP contribution in [0.4, 0.5) is 0 Å². The molecule has 1 unspecified atom stereocenters. The molecule has 0 saturated heterocycles. The Kier molecular flexibility index (Phi) is 5.78. The molecule has 0 aliphatic heterocycles. The van der Waals surface area contributed by atoms with Gasteiger partial charge in [-0.3, -0.25) is 4.79 Å². The Bertz CT molecular complexity index is 989. The maximum atomic E-state index is 13.1. The number of Topliss-reactive ketones (excluding diaryl/α,β-unsaturated/α-hetero) is 1. The van der Waals surface area contributed by atoms with Crippen LogP contribution in [0.2, 0.25) is 0 Å². The van der Waals surface area contributed by atoms with Crippen LogP contribution < -0.4 is 0 Å². The van der Waals surface area contributed by atoms with Gasteiger partial charge in [-0.15, -0.1) is 11.8 Å². The monoisotopic (exact) mass is 384 g/mol. The highest BCUT2D eigenvalue weighted by atomic mass is 32.2. The summed E-state index contributed by atoms with van der Waals surface area (Å²) in [7, 11) is 0. The van der Waals surface area contributed by atoms with Crippen LogP contribution in [-0.2, 0) is 11.2 Å². The van der Waals surface area contributed by atoms with E-state index >= 15 is 0 Å². The average Bonchev–Trinajstić information content (AvgIpc) is 3.15. The maximum Gasteiger partial charge on any atom is 0.159 e. The molecule has 140 valence electrons. The van der Waals surface area contributed by atoms with Gasteiger partial charge >= 0.3 is 0 Å². The summed E-state index contributed by atoms with van der Waals surface area (Å²) in [6.07, 6.45) is 4.33. The van der Waals surface area contributed by atoms with Crippen LogP contribution in [0.5, 0.6) is 0 Å². The Balaban J connectivity index is 1.72. The number of rotatable bonds is 5. The third-order valence-electron chi connectivity index (χ3n) is 5.49. The van der Waals surface area contributed by atoms with Crippen molar-refractivity contribution in [2.24, 2.45) is 0 Å². The summed E-state index contributed by atoms with van der Waals surface area (Å²) in [4.78, 5) is 14.3. The van der Waals surface area contributed by atoms with Crippen molar-refractivity contribution in [1.82, 2.24) is 0 Å². The number of hydrogen-bond acceptors (Lipinski definition) is 2. The van der Waals surface area contributed by atoms with Crippen LogP contribution in [0.3, 0.4) is 0 Å². The molecule has 4 rings (SSSR count). The first-order valence-corrected chi connectivity index (χ1v) is 11.0. The molecule has 2 heteroatoms. The Labute approximate surface area is 171 Å². The number of hydrogen-bond donors (Lipinski definition) is 0. The normalized spacial score (nSPS) is 18.3. The van der Waals surface area contributed by atoms with Crippen molar-refractivity contribution >= 4 is 23.1 Å². The lowest BCUT2D eigenvalue weighted by molar-refractivity contribution is -0.114. The molecule has 1 nitrogen and oxygen atoms in total. The van der Waals surface area contributed by atoms with E-state index in [1.54, 1.807) is 11.8 Å². The Morgan fingerprint density at radius 2 is 1.61 bits per heavy atom. The summed E-state index contributed by atoms with van der Waals surface area (Å²) in [5.74, 6) is 0.582. The average molecular weight is 385 g/mol. The highest BCUT2D eigenvalue weighted by molar-refractivity contribution is 7.98. The predicted molar refractivity (Wildman–Crippen MR) is 119 cm³/mol. The zero-order valence-electron chi connectivity index (χ0n) is 16.1. The van der Waals surface area contributed by atoms with Crippen molar-refractivity contribution in [1.29, 1.82) is 0 Å². The van der Waals surface area contributed by atoms with E-state index in [4.69, 9.17) is 0 Å². The molecule has 1 aliphatic carbocycles. The van der Waals surface area contributed by atoms with Gasteiger partial charge < -0.3 is 0 Å². The number of ketones is 1. The SMILES string of the molecule is CSc1cccc(C2CC(=O)/C(=C(\Cc3ccccc3)c3ccccc3)C2)c1. The highest BCUT2D eigenvalue weighted by Crippen LogP contribution is 2.40. The second kappa shape index (κ2) is 8.62. The standard InChI is InChI=1S/C26H24OS/c1-28-23-14-8-13-21(16-23)22-17-25(26(27)18-22)24(20-11-6-3-7-12-20)15-19-9-4-2-5-10-19/h2-14,16,22H,15,17-18H2,1H3/b25-24+. The summed E-state index contributed by atoms with van der Waals surface area (Å²) >= 11 is 1.75. The number of benzene rings is 3. The van der Waals surface area contributed by atoms with Crippen LogP contribution in [0.1, 0.15) is 35.4 Å². The van der Waals surface area contributed by atoms with Crippen molar-refractivity contribution < 1.29 is 4.79 Å². The van der Waals surface area contributed by atoms with Gasteiger partial charge in [0.25, 0.3) is 0 Å². The molecule has 0 spiro atoms. The zero-order chi connectivity index (χ0) is 19.3. The first-order valence-electron chi connectivity index (χ1n) is 9.73. The van der Waals surface area contributed by atoms with Crippen LogP contribution in [0, 0.1) is 0 Å². The minimum atomic E-state index is 0.282. The molecular weight excluding hydrogens is 360 g/mol. The van der Waals surface area contributed by atoms with Gasteiger partial charge in [0, 0.05) is 11.3 Å². The largest absolute Gasteiger partial charge is 0.295 e. The second-order valence-electron chi connectivity index (χ2n) is 7.29. The molecule has 1 atom stereocenters. The van der Waals surface area contributed by atoms with Crippen molar-refractivity contribution in [2.45, 2.75) is 30.1 Å². The van der Waals surface area contributed by atoms with E-state index in [0.717, 1.165) is 24.0 Å². The van der Waals surface area contributed by atoms with Crippen LogP contribution in [0.15, 0.2) is 95.4 Å². The molecular formula is C26H24OS. The molecule has 1 saturated carbocycles. The third kappa shape index (κ3) is 4.13. The molecule has 1 aliphatic rings. The second-order valence-corrected chi connectivity index (χ2v) is 8.17. The molecule has 3 aromatic rings. The van der Waals surface area contributed by atoms with Crippen molar-refractivity contribution in [3.8, 4) is 0 Å². The van der Waals surface area contributed by atoms with Crippen LogP contribution in [0.25, 0.3) is 5.57 Å². The van der Waals surface area contributed by atoms with E-state index in [2.05, 4.69) is 79.1 Å². The van der Waals surface area contributed by atoms with Gasteiger partial charge in [-0.25, -0.2) is 0 Å². The van der Waals surface area contributed by atoms with Crippen LogP contribution in [-0.4, -0.2) is 12.0 Å². The lowest BCUT2D eigenvalue weighted by Gasteiger charge is -2.13. The molecule has 1 fully saturated rings. The summed E-state index contributed by atoms with van der Waals surface area (Å²) in [5, 5.41) is 0. The quantitative estimate of drug-likeness (QED) is 0.366. The Morgan fingerprint density at radius 3 is 2.32 bits per heavy atom. The van der Waals surface area contributed by atoms with Gasteiger partial charge in [0.05, 0.1) is 0 Å². The molecule has 28 heavy (non-hydrogen) atoms. The van der Waals surface area contributed by atoms with E-state index in [0.29, 0.717) is 12.2 Å². The van der Waals surface area contributed by atoms with E-state index < -0.39 is 0 Å². The van der Waals surface area contributed by atoms with Gasteiger partial charge in [0.1, 0.15) is 0 Å². The number of allylic oxidation sites excluding steroid dienone is 2. The number of carbonyl (C=O) groups excluding carboxylic acids is 1. The Hall–Kier alpha value is -2.58. The lowest BCUT2D eigenvalue weighted by Crippen LogP contribution is -2.00. The lowest BCUT2D eigenvalue weighted by atomic mass is 9.91. The summed E-state index contributed by atoms with van der Waals surface area (Å²) < 4.78 is 0. The fraction of sp³-hybridized carbons (Fsp3) is 0.192. The molecule has 0 heterocycles. The highest BCUT2D eigenvalue weighted by Gasteiger charge is 2.31. The molecule has 0 aromatic heterocycles. The topological polar surface area (TPSA) is 17.1 Å². The molecule has 0 bridgehead atoms. The minimum Gasteiger partial charge on any atom is -0.295 e. The first kappa shape index (κ1) is 18.8. The number of carbonyl (C=O) groups is 1. The molecule has 0 N–H and O–H groups in total. The van der Waals surface area contributed by atoms with Gasteiger partial charge in [-0.2, -0.15) is 0 Å². The molecule has 0 radical (unpaired) electrons. The molecule has 0 amide bonds. The summed E-state index contributed by atoms with van der Waals surface area (Å²) in [5.41, 5.74) is 5.87. The Morgan fingerprint density at radius 1 is 0.893 bits per heavy atom. The molecule has 3 aromatic carbocycles. The van der Waals surface area contributed by atoms with E-state index in [1.807, 2.05) is 12.1 Å². The number of thioether (sulfide) groups is 1. The third-order valence-corrected chi connectivity index (χ3v) is 6.22. The van der Waals surface area contributed by atoms with Gasteiger partial charge in [0.2, 0.25) is 0 Å². The van der Waals surface area contributed by atoms with Crippen molar-refractivity contribution in [3.63, 3.8) is 0 Å². The van der Waals surface area contributed by atoms with Gasteiger partial charge in [-0.05, 0) is 65.0 Å². The van der Waals surface area contributed by atoms with Crippen LogP contribution >= 0.6 is 11.8 Å². The van der Waals surface area contributed by atoms with Crippen molar-refractivity contribution in [3.05, 3.63) is 107 Å². The predicted octanol–water partition coefficient (Wildman–Crippen LogP) is 6.55. The smallest absolute Gasteiger partial charge is 0.159 e.